The van der Waals surface area contributed by atoms with E-state index >= 15 is 0 Å². The molecule has 0 spiro atoms. The lowest BCUT2D eigenvalue weighted by atomic mass is 9.81. The molecule has 2 unspecified atom stereocenters. The zero-order valence-electron chi connectivity index (χ0n) is 10.6. The van der Waals surface area contributed by atoms with Crippen molar-refractivity contribution < 1.29 is 0 Å². The third-order valence-corrected chi connectivity index (χ3v) is 4.05. The van der Waals surface area contributed by atoms with Crippen molar-refractivity contribution in [2.75, 3.05) is 6.54 Å². The van der Waals surface area contributed by atoms with Gasteiger partial charge < -0.3 is 5.32 Å². The molecule has 0 aromatic heterocycles. The molecule has 1 aromatic carbocycles. The summed E-state index contributed by atoms with van der Waals surface area (Å²) in [6, 6.07) is 9.01. The van der Waals surface area contributed by atoms with Gasteiger partial charge in [-0.3, -0.25) is 0 Å². The second kappa shape index (κ2) is 6.42. The molecular formula is C15H22ClN. The van der Waals surface area contributed by atoms with Crippen LogP contribution in [0.5, 0.6) is 0 Å². The fourth-order valence-electron chi connectivity index (χ4n) is 2.81. The van der Waals surface area contributed by atoms with Crippen LogP contribution in [0.1, 0.15) is 50.5 Å². The topological polar surface area (TPSA) is 12.0 Å². The van der Waals surface area contributed by atoms with Crippen LogP contribution in [-0.4, -0.2) is 12.6 Å². The van der Waals surface area contributed by atoms with Crippen molar-refractivity contribution in [1.29, 1.82) is 0 Å². The highest BCUT2D eigenvalue weighted by molar-refractivity contribution is 6.31. The Morgan fingerprint density at radius 3 is 2.88 bits per heavy atom. The smallest absolute Gasteiger partial charge is 0.0440 e. The molecule has 2 atom stereocenters. The molecule has 2 heteroatoms. The minimum atomic E-state index is 0.645. The lowest BCUT2D eigenvalue weighted by molar-refractivity contribution is 0.340. The molecule has 1 aliphatic carbocycles. The van der Waals surface area contributed by atoms with Gasteiger partial charge in [0.2, 0.25) is 0 Å². The number of hydrogen-bond donors (Lipinski definition) is 1. The van der Waals surface area contributed by atoms with Crippen LogP contribution in [-0.2, 0) is 0 Å². The predicted octanol–water partition coefficient (Wildman–Crippen LogP) is 4.37. The van der Waals surface area contributed by atoms with E-state index in [2.05, 4.69) is 24.4 Å². The van der Waals surface area contributed by atoms with E-state index in [1.165, 1.54) is 37.7 Å². The molecule has 1 nitrogen and oxygen atoms in total. The maximum Gasteiger partial charge on any atom is 0.0440 e. The molecule has 0 amide bonds. The van der Waals surface area contributed by atoms with Crippen LogP contribution in [0.3, 0.4) is 0 Å². The zero-order valence-corrected chi connectivity index (χ0v) is 11.3. The highest BCUT2D eigenvalue weighted by Gasteiger charge is 2.23. The zero-order chi connectivity index (χ0) is 12.1. The van der Waals surface area contributed by atoms with Crippen molar-refractivity contribution in [1.82, 2.24) is 5.32 Å². The van der Waals surface area contributed by atoms with Crippen molar-refractivity contribution in [3.05, 3.63) is 34.9 Å². The van der Waals surface area contributed by atoms with Gasteiger partial charge in [0, 0.05) is 11.1 Å². The van der Waals surface area contributed by atoms with Gasteiger partial charge in [0.05, 0.1) is 0 Å². The van der Waals surface area contributed by atoms with E-state index in [-0.39, 0.29) is 0 Å². The van der Waals surface area contributed by atoms with E-state index in [1.54, 1.807) is 0 Å². The van der Waals surface area contributed by atoms with Gasteiger partial charge in [-0.05, 0) is 49.8 Å². The molecular weight excluding hydrogens is 230 g/mol. The third-order valence-electron chi connectivity index (χ3n) is 3.70. The highest BCUT2D eigenvalue weighted by atomic mass is 35.5. The molecule has 0 bridgehead atoms. The Balaban J connectivity index is 1.99. The molecule has 2 rings (SSSR count). The lowest BCUT2D eigenvalue weighted by Crippen LogP contribution is -2.34. The van der Waals surface area contributed by atoms with Gasteiger partial charge in [-0.1, -0.05) is 43.1 Å². The Morgan fingerprint density at radius 1 is 1.29 bits per heavy atom. The van der Waals surface area contributed by atoms with Gasteiger partial charge in [-0.2, -0.15) is 0 Å². The van der Waals surface area contributed by atoms with Crippen molar-refractivity contribution in [2.24, 2.45) is 0 Å². The maximum absolute atomic E-state index is 6.29. The Labute approximate surface area is 110 Å². The largest absolute Gasteiger partial charge is 0.314 e. The van der Waals surface area contributed by atoms with E-state index in [0.717, 1.165) is 11.6 Å². The van der Waals surface area contributed by atoms with Crippen LogP contribution < -0.4 is 5.32 Å². The number of rotatable bonds is 4. The Hall–Kier alpha value is -0.530. The Bertz CT molecular complexity index is 351. The number of hydrogen-bond acceptors (Lipinski definition) is 1. The second-order valence-electron chi connectivity index (χ2n) is 5.04. The SMILES string of the molecule is CCCNC1CCCC(c2ccccc2Cl)C1. The van der Waals surface area contributed by atoms with Crippen molar-refractivity contribution in [3.63, 3.8) is 0 Å². The summed E-state index contributed by atoms with van der Waals surface area (Å²) in [7, 11) is 0. The first-order valence-electron chi connectivity index (χ1n) is 6.79. The van der Waals surface area contributed by atoms with Crippen molar-refractivity contribution in [2.45, 2.75) is 51.0 Å². The van der Waals surface area contributed by atoms with E-state index in [1.807, 2.05) is 12.1 Å². The summed E-state index contributed by atoms with van der Waals surface area (Å²) in [6.45, 7) is 3.36. The molecule has 1 fully saturated rings. The van der Waals surface area contributed by atoms with E-state index in [9.17, 15) is 0 Å². The minimum Gasteiger partial charge on any atom is -0.314 e. The normalized spacial score (nSPS) is 24.8. The first kappa shape index (κ1) is 12.9. The Kier molecular flexibility index (Phi) is 4.87. The summed E-state index contributed by atoms with van der Waals surface area (Å²) in [6.07, 6.45) is 6.38. The van der Waals surface area contributed by atoms with E-state index < -0.39 is 0 Å². The average molecular weight is 252 g/mol. The summed E-state index contributed by atoms with van der Waals surface area (Å²) in [4.78, 5) is 0. The summed E-state index contributed by atoms with van der Waals surface area (Å²) in [5.41, 5.74) is 1.34. The summed E-state index contributed by atoms with van der Waals surface area (Å²) in [5.74, 6) is 0.645. The second-order valence-corrected chi connectivity index (χ2v) is 5.44. The number of nitrogens with one attached hydrogen (secondary N) is 1. The predicted molar refractivity (Wildman–Crippen MR) is 74.7 cm³/mol. The quantitative estimate of drug-likeness (QED) is 0.838. The van der Waals surface area contributed by atoms with Crippen LogP contribution in [0.15, 0.2) is 24.3 Å². The van der Waals surface area contributed by atoms with Gasteiger partial charge in [0.15, 0.2) is 0 Å². The van der Waals surface area contributed by atoms with Gasteiger partial charge in [-0.15, -0.1) is 0 Å². The molecule has 1 saturated carbocycles. The van der Waals surface area contributed by atoms with Gasteiger partial charge >= 0.3 is 0 Å². The van der Waals surface area contributed by atoms with Crippen molar-refractivity contribution in [3.8, 4) is 0 Å². The third kappa shape index (κ3) is 3.46. The van der Waals surface area contributed by atoms with Crippen LogP contribution in [0.25, 0.3) is 0 Å². The molecule has 0 saturated heterocycles. The van der Waals surface area contributed by atoms with Crippen LogP contribution in [0.4, 0.5) is 0 Å². The standard InChI is InChI=1S/C15H22ClN/c1-2-10-17-13-7-5-6-12(11-13)14-8-3-4-9-15(14)16/h3-4,8-9,12-13,17H,2,5-7,10-11H2,1H3. The molecule has 1 N–H and O–H groups in total. The van der Waals surface area contributed by atoms with Crippen LogP contribution in [0.2, 0.25) is 5.02 Å². The van der Waals surface area contributed by atoms with E-state index in [4.69, 9.17) is 11.6 Å². The number of benzene rings is 1. The molecule has 0 radical (unpaired) electrons. The Morgan fingerprint density at radius 2 is 2.12 bits per heavy atom. The molecule has 0 aliphatic heterocycles. The highest BCUT2D eigenvalue weighted by Crippen LogP contribution is 2.36. The monoisotopic (exact) mass is 251 g/mol. The fourth-order valence-corrected chi connectivity index (χ4v) is 3.10. The van der Waals surface area contributed by atoms with Crippen LogP contribution >= 0.6 is 11.6 Å². The molecule has 0 heterocycles. The van der Waals surface area contributed by atoms with Crippen molar-refractivity contribution >= 4 is 11.6 Å². The number of halogens is 1. The molecule has 1 aromatic rings. The first-order chi connectivity index (χ1) is 8.31. The maximum atomic E-state index is 6.29. The van der Waals surface area contributed by atoms with Gasteiger partial charge in [-0.25, -0.2) is 0 Å². The summed E-state index contributed by atoms with van der Waals surface area (Å²) < 4.78 is 0. The minimum absolute atomic E-state index is 0.645. The van der Waals surface area contributed by atoms with E-state index in [0.29, 0.717) is 12.0 Å². The van der Waals surface area contributed by atoms with Gasteiger partial charge in [0.1, 0.15) is 0 Å². The summed E-state index contributed by atoms with van der Waals surface area (Å²) >= 11 is 6.29. The molecule has 1 aliphatic rings. The van der Waals surface area contributed by atoms with Gasteiger partial charge in [0.25, 0.3) is 0 Å². The summed E-state index contributed by atoms with van der Waals surface area (Å²) in [5, 5.41) is 4.59. The lowest BCUT2D eigenvalue weighted by Gasteiger charge is -2.30. The molecule has 17 heavy (non-hydrogen) atoms. The van der Waals surface area contributed by atoms with Crippen LogP contribution in [0, 0.1) is 0 Å². The average Bonchev–Trinajstić information content (AvgIpc) is 2.37. The first-order valence-corrected chi connectivity index (χ1v) is 7.17. The molecule has 94 valence electrons. The fraction of sp³-hybridized carbons (Fsp3) is 0.600.